The zero-order valence-corrected chi connectivity index (χ0v) is 17.5. The van der Waals surface area contributed by atoms with Crippen LogP contribution in [-0.2, 0) is 4.79 Å². The molecule has 1 spiro atoms. The summed E-state index contributed by atoms with van der Waals surface area (Å²) in [4.78, 5) is 19.2. The van der Waals surface area contributed by atoms with Crippen molar-refractivity contribution in [1.82, 2.24) is 15.2 Å². The van der Waals surface area contributed by atoms with Crippen LogP contribution in [0.25, 0.3) is 11.1 Å². The van der Waals surface area contributed by atoms with Crippen molar-refractivity contribution in [3.05, 3.63) is 47.8 Å². The van der Waals surface area contributed by atoms with E-state index >= 15 is 0 Å². The quantitative estimate of drug-likeness (QED) is 0.844. The maximum absolute atomic E-state index is 12.6. The van der Waals surface area contributed by atoms with Crippen LogP contribution in [0.4, 0.5) is 0 Å². The number of ether oxygens (including phenoxy) is 1. The van der Waals surface area contributed by atoms with E-state index in [4.69, 9.17) is 9.72 Å². The fraction of sp³-hybridized carbons (Fsp3) is 0.455. The number of halogens is 1. The summed E-state index contributed by atoms with van der Waals surface area (Å²) in [5.74, 6) is 1.10. The van der Waals surface area contributed by atoms with Gasteiger partial charge in [0.1, 0.15) is 11.3 Å². The van der Waals surface area contributed by atoms with Crippen molar-refractivity contribution in [2.24, 2.45) is 0 Å². The van der Waals surface area contributed by atoms with Crippen LogP contribution < -0.4 is 10.1 Å². The fourth-order valence-electron chi connectivity index (χ4n) is 4.36. The lowest BCUT2D eigenvalue weighted by molar-refractivity contribution is -0.131. The van der Waals surface area contributed by atoms with E-state index in [9.17, 15) is 4.79 Å². The molecule has 0 bridgehead atoms. The van der Waals surface area contributed by atoms with Gasteiger partial charge in [0.05, 0.1) is 18.3 Å². The first-order valence-corrected chi connectivity index (χ1v) is 9.76. The van der Waals surface area contributed by atoms with Gasteiger partial charge in [0.25, 0.3) is 0 Å². The average molecular weight is 402 g/mol. The van der Waals surface area contributed by atoms with Crippen LogP contribution in [0.3, 0.4) is 0 Å². The number of likely N-dealkylation sites (tertiary alicyclic amines) is 1. The summed E-state index contributed by atoms with van der Waals surface area (Å²) in [7, 11) is 1.89. The van der Waals surface area contributed by atoms with Gasteiger partial charge in [0, 0.05) is 19.3 Å². The van der Waals surface area contributed by atoms with Crippen molar-refractivity contribution in [3.8, 4) is 16.9 Å². The minimum Gasteiger partial charge on any atom is -0.494 e. The Bertz CT molecular complexity index is 873. The number of nitrogens with zero attached hydrogens (tertiary/aromatic N) is 2. The van der Waals surface area contributed by atoms with Gasteiger partial charge in [-0.15, -0.1) is 12.4 Å². The van der Waals surface area contributed by atoms with Gasteiger partial charge >= 0.3 is 0 Å². The second kappa shape index (κ2) is 8.10. The third kappa shape index (κ3) is 3.74. The number of hydrogen-bond donors (Lipinski definition) is 1. The number of aromatic nitrogens is 1. The molecule has 0 aliphatic carbocycles. The Hall–Kier alpha value is -2.11. The molecule has 1 amide bonds. The number of nitrogens with one attached hydrogen (secondary N) is 1. The molecule has 150 valence electrons. The van der Waals surface area contributed by atoms with Gasteiger partial charge in [-0.3, -0.25) is 15.1 Å². The number of benzene rings is 1. The standard InChI is InChI=1S/C22H27N3O2.ClH/c1-4-27-18-7-5-6-16(13-18)17-12-15(2)23-20(14-17)19-8-9-22(24-19)10-11-25(3)21(22)26;/h5-7,12-14,19,24H,4,8-11H2,1-3H3;1H/t19-,22+;/m1./s1. The van der Waals surface area contributed by atoms with E-state index in [2.05, 4.69) is 29.6 Å². The predicted octanol–water partition coefficient (Wildman–Crippen LogP) is 3.90. The van der Waals surface area contributed by atoms with Crippen molar-refractivity contribution < 1.29 is 9.53 Å². The molecule has 6 heteroatoms. The maximum atomic E-state index is 12.6. The van der Waals surface area contributed by atoms with E-state index in [1.807, 2.05) is 37.9 Å². The van der Waals surface area contributed by atoms with Crippen LogP contribution in [-0.4, -0.2) is 41.5 Å². The number of likely N-dealkylation sites (N-methyl/N-ethyl adjacent to an activating group) is 1. The Labute approximate surface area is 172 Å². The number of hydrogen-bond acceptors (Lipinski definition) is 4. The Balaban J connectivity index is 0.00000225. The number of pyridine rings is 1. The highest BCUT2D eigenvalue weighted by Gasteiger charge is 2.50. The largest absolute Gasteiger partial charge is 0.494 e. The number of aryl methyl sites for hydroxylation is 1. The molecule has 4 rings (SSSR count). The molecule has 0 radical (unpaired) electrons. The minimum absolute atomic E-state index is 0. The van der Waals surface area contributed by atoms with Crippen LogP contribution in [0.2, 0.25) is 0 Å². The van der Waals surface area contributed by atoms with Gasteiger partial charge < -0.3 is 9.64 Å². The molecule has 5 nitrogen and oxygen atoms in total. The van der Waals surface area contributed by atoms with Crippen molar-refractivity contribution in [2.45, 2.75) is 44.7 Å². The molecular weight excluding hydrogens is 374 g/mol. The monoisotopic (exact) mass is 401 g/mol. The smallest absolute Gasteiger partial charge is 0.242 e. The highest BCUT2D eigenvalue weighted by atomic mass is 35.5. The lowest BCUT2D eigenvalue weighted by atomic mass is 9.96. The van der Waals surface area contributed by atoms with Crippen LogP contribution in [0.15, 0.2) is 36.4 Å². The molecule has 2 atom stereocenters. The lowest BCUT2D eigenvalue weighted by Gasteiger charge is -2.23. The van der Waals surface area contributed by atoms with Gasteiger partial charge in [-0.05, 0) is 68.5 Å². The van der Waals surface area contributed by atoms with E-state index in [1.54, 1.807) is 0 Å². The summed E-state index contributed by atoms with van der Waals surface area (Å²) >= 11 is 0. The van der Waals surface area contributed by atoms with Gasteiger partial charge in [-0.25, -0.2) is 0 Å². The summed E-state index contributed by atoms with van der Waals surface area (Å²) in [6.45, 7) is 5.50. The summed E-state index contributed by atoms with van der Waals surface area (Å²) in [5, 5.41) is 3.62. The molecule has 28 heavy (non-hydrogen) atoms. The Morgan fingerprint density at radius 1 is 1.25 bits per heavy atom. The third-order valence-corrected chi connectivity index (χ3v) is 5.75. The van der Waals surface area contributed by atoms with Gasteiger partial charge in [0.15, 0.2) is 0 Å². The van der Waals surface area contributed by atoms with E-state index < -0.39 is 0 Å². The number of carbonyl (C=O) groups is 1. The number of amides is 1. The predicted molar refractivity (Wildman–Crippen MR) is 113 cm³/mol. The molecule has 1 aromatic carbocycles. The Kier molecular flexibility index (Phi) is 5.96. The third-order valence-electron chi connectivity index (χ3n) is 5.75. The average Bonchev–Trinajstić information content (AvgIpc) is 3.22. The Morgan fingerprint density at radius 2 is 2.07 bits per heavy atom. The van der Waals surface area contributed by atoms with E-state index in [1.165, 1.54) is 0 Å². The highest BCUT2D eigenvalue weighted by Crippen LogP contribution is 2.39. The first-order valence-electron chi connectivity index (χ1n) is 9.76. The normalized spacial score (nSPS) is 23.9. The molecule has 1 N–H and O–H groups in total. The van der Waals surface area contributed by atoms with Crippen LogP contribution in [0, 0.1) is 6.92 Å². The zero-order chi connectivity index (χ0) is 19.0. The number of carbonyl (C=O) groups excluding carboxylic acids is 1. The topological polar surface area (TPSA) is 54.5 Å². The van der Waals surface area contributed by atoms with Gasteiger partial charge in [-0.2, -0.15) is 0 Å². The molecule has 2 saturated heterocycles. The molecule has 3 heterocycles. The molecular formula is C22H28ClN3O2. The maximum Gasteiger partial charge on any atom is 0.242 e. The summed E-state index contributed by atoms with van der Waals surface area (Å²) < 4.78 is 5.64. The second-order valence-corrected chi connectivity index (χ2v) is 7.68. The molecule has 2 aliphatic rings. The molecule has 2 aromatic rings. The zero-order valence-electron chi connectivity index (χ0n) is 16.7. The first kappa shape index (κ1) is 20.6. The lowest BCUT2D eigenvalue weighted by Crippen LogP contribution is -2.47. The van der Waals surface area contributed by atoms with E-state index in [0.717, 1.165) is 54.1 Å². The molecule has 1 aromatic heterocycles. The van der Waals surface area contributed by atoms with Crippen molar-refractivity contribution in [1.29, 1.82) is 0 Å². The number of rotatable bonds is 4. The second-order valence-electron chi connectivity index (χ2n) is 7.68. The van der Waals surface area contributed by atoms with E-state index in [-0.39, 0.29) is 29.9 Å². The molecule has 2 aliphatic heterocycles. The fourth-order valence-corrected chi connectivity index (χ4v) is 4.36. The SMILES string of the molecule is CCOc1cccc(-c2cc(C)nc([C@H]3CC[C@@]4(CCN(C)C4=O)N3)c2)c1.Cl. The van der Waals surface area contributed by atoms with Crippen LogP contribution in [0.5, 0.6) is 5.75 Å². The van der Waals surface area contributed by atoms with E-state index in [0.29, 0.717) is 6.61 Å². The Morgan fingerprint density at radius 3 is 2.79 bits per heavy atom. The van der Waals surface area contributed by atoms with Crippen LogP contribution >= 0.6 is 12.4 Å². The van der Waals surface area contributed by atoms with Gasteiger partial charge in [0.2, 0.25) is 5.91 Å². The summed E-state index contributed by atoms with van der Waals surface area (Å²) in [5.41, 5.74) is 3.88. The van der Waals surface area contributed by atoms with Crippen molar-refractivity contribution in [3.63, 3.8) is 0 Å². The molecule has 2 fully saturated rings. The van der Waals surface area contributed by atoms with Crippen LogP contribution in [0.1, 0.15) is 43.6 Å². The van der Waals surface area contributed by atoms with Crippen molar-refractivity contribution in [2.75, 3.05) is 20.2 Å². The highest BCUT2D eigenvalue weighted by molar-refractivity contribution is 5.88. The van der Waals surface area contributed by atoms with Crippen molar-refractivity contribution >= 4 is 18.3 Å². The first-order chi connectivity index (χ1) is 13.0. The minimum atomic E-state index is -0.389. The molecule has 0 unspecified atom stereocenters. The summed E-state index contributed by atoms with van der Waals surface area (Å²) in [6.07, 6.45) is 2.70. The summed E-state index contributed by atoms with van der Waals surface area (Å²) in [6, 6.07) is 12.5. The molecule has 0 saturated carbocycles. The van der Waals surface area contributed by atoms with Gasteiger partial charge in [-0.1, -0.05) is 12.1 Å².